The molecule has 4 nitrogen and oxygen atoms in total. The molecule has 1 aliphatic rings. The molecule has 1 aromatic carbocycles. The average Bonchev–Trinajstić information content (AvgIpc) is 2.54. The summed E-state index contributed by atoms with van der Waals surface area (Å²) < 4.78 is 6.91. The number of nitriles is 1. The second-order valence-corrected chi connectivity index (χ2v) is 5.56. The summed E-state index contributed by atoms with van der Waals surface area (Å²) >= 11 is 0. The zero-order valence-electron chi connectivity index (χ0n) is 12.5. The van der Waals surface area contributed by atoms with Gasteiger partial charge in [-0.05, 0) is 43.7 Å². The molecule has 0 amide bonds. The lowest BCUT2D eigenvalue weighted by molar-refractivity contribution is -0.608. The summed E-state index contributed by atoms with van der Waals surface area (Å²) in [6, 6.07) is 12.7. The minimum Gasteiger partial charge on any atom is -0.618 e. The van der Waals surface area contributed by atoms with E-state index in [1.54, 1.807) is 30.3 Å². The number of nitrogens with zero attached hydrogens (tertiary/aromatic N) is 2. The Bertz CT molecular complexity index is 805. The van der Waals surface area contributed by atoms with Crippen LogP contribution in [0.5, 0.6) is 5.75 Å². The Morgan fingerprint density at radius 1 is 1.32 bits per heavy atom. The first-order valence-electron chi connectivity index (χ1n) is 7.21. The summed E-state index contributed by atoms with van der Waals surface area (Å²) in [6.45, 7) is 4.03. The molecule has 22 heavy (non-hydrogen) atoms. The molecule has 2 aromatic rings. The van der Waals surface area contributed by atoms with Gasteiger partial charge in [0.1, 0.15) is 11.4 Å². The zero-order chi connectivity index (χ0) is 15.7. The van der Waals surface area contributed by atoms with E-state index in [0.717, 1.165) is 22.3 Å². The van der Waals surface area contributed by atoms with Crippen LogP contribution in [0.4, 0.5) is 0 Å². The number of ether oxygens (including phenoxy) is 1. The van der Waals surface area contributed by atoms with Crippen molar-refractivity contribution in [3.63, 3.8) is 0 Å². The molecular formula is C18H16N2O2. The smallest absolute Gasteiger partial charge is 0.224 e. The van der Waals surface area contributed by atoms with E-state index in [1.807, 2.05) is 26.0 Å². The summed E-state index contributed by atoms with van der Waals surface area (Å²) in [7, 11) is 0. The Kier molecular flexibility index (Phi) is 3.34. The Morgan fingerprint density at radius 2 is 2.14 bits per heavy atom. The standard InChI is InChI=1S/C18H16N2O2/c1-3-18(2)11-15(16-6-4-5-9-20(16)21)14-10-13(12-19)7-8-17(14)22-18/h4-11H,3H2,1-2H3. The van der Waals surface area contributed by atoms with E-state index in [-0.39, 0.29) is 0 Å². The van der Waals surface area contributed by atoms with Gasteiger partial charge in [-0.15, -0.1) is 0 Å². The van der Waals surface area contributed by atoms with Crippen LogP contribution in [0.3, 0.4) is 0 Å². The van der Waals surface area contributed by atoms with Crippen molar-refractivity contribution in [3.8, 4) is 11.8 Å². The van der Waals surface area contributed by atoms with Gasteiger partial charge in [0.15, 0.2) is 6.20 Å². The van der Waals surface area contributed by atoms with Gasteiger partial charge in [-0.2, -0.15) is 9.99 Å². The summed E-state index contributed by atoms with van der Waals surface area (Å²) in [5.74, 6) is 0.699. The van der Waals surface area contributed by atoms with Gasteiger partial charge in [0, 0.05) is 17.7 Å². The molecule has 0 N–H and O–H groups in total. The summed E-state index contributed by atoms with van der Waals surface area (Å²) in [4.78, 5) is 0. The van der Waals surface area contributed by atoms with Crippen molar-refractivity contribution in [3.05, 3.63) is 70.7 Å². The molecule has 1 unspecified atom stereocenters. The predicted molar refractivity (Wildman–Crippen MR) is 83.0 cm³/mol. The SMILES string of the molecule is CCC1(C)C=C(c2cccc[n+]2[O-])c2cc(C#N)ccc2O1. The van der Waals surface area contributed by atoms with Crippen LogP contribution in [0.15, 0.2) is 48.7 Å². The molecule has 1 aliphatic heterocycles. The molecule has 0 fully saturated rings. The van der Waals surface area contributed by atoms with Gasteiger partial charge in [-0.1, -0.05) is 6.92 Å². The van der Waals surface area contributed by atoms with Crippen molar-refractivity contribution in [1.29, 1.82) is 5.26 Å². The molecule has 0 spiro atoms. The lowest BCUT2D eigenvalue weighted by Gasteiger charge is -2.33. The molecule has 3 rings (SSSR count). The second-order valence-electron chi connectivity index (χ2n) is 5.56. The average molecular weight is 292 g/mol. The first-order valence-corrected chi connectivity index (χ1v) is 7.21. The maximum Gasteiger partial charge on any atom is 0.224 e. The molecule has 2 heterocycles. The van der Waals surface area contributed by atoms with Crippen molar-refractivity contribution in [1.82, 2.24) is 0 Å². The Balaban J connectivity index is 2.26. The van der Waals surface area contributed by atoms with Crippen LogP contribution >= 0.6 is 0 Å². The van der Waals surface area contributed by atoms with Gasteiger partial charge in [-0.25, -0.2) is 0 Å². The normalized spacial score (nSPS) is 19.6. The van der Waals surface area contributed by atoms with E-state index >= 15 is 0 Å². The molecule has 0 aliphatic carbocycles. The summed E-state index contributed by atoms with van der Waals surface area (Å²) in [5, 5.41) is 21.3. The van der Waals surface area contributed by atoms with Crippen molar-refractivity contribution in [2.45, 2.75) is 25.9 Å². The fraction of sp³-hybridized carbons (Fsp3) is 0.222. The first-order chi connectivity index (χ1) is 10.6. The van der Waals surface area contributed by atoms with Crippen LogP contribution in [0.2, 0.25) is 0 Å². The molecule has 0 saturated carbocycles. The number of hydrogen-bond acceptors (Lipinski definition) is 3. The summed E-state index contributed by atoms with van der Waals surface area (Å²) in [5.41, 5.74) is 2.21. The molecule has 0 bridgehead atoms. The quantitative estimate of drug-likeness (QED) is 0.631. The van der Waals surface area contributed by atoms with Crippen LogP contribution in [-0.4, -0.2) is 5.60 Å². The largest absolute Gasteiger partial charge is 0.618 e. The van der Waals surface area contributed by atoms with Gasteiger partial charge in [0.05, 0.1) is 17.2 Å². The number of benzene rings is 1. The number of fused-ring (bicyclic) bond motifs is 1. The van der Waals surface area contributed by atoms with Gasteiger partial charge in [0.25, 0.3) is 0 Å². The third kappa shape index (κ3) is 2.31. The molecule has 4 heteroatoms. The van der Waals surface area contributed by atoms with E-state index in [2.05, 4.69) is 6.07 Å². The number of rotatable bonds is 2. The summed E-state index contributed by atoms with van der Waals surface area (Å²) in [6.07, 6.45) is 4.23. The highest BCUT2D eigenvalue weighted by Gasteiger charge is 2.32. The van der Waals surface area contributed by atoms with E-state index in [1.165, 1.54) is 6.20 Å². The molecular weight excluding hydrogens is 276 g/mol. The van der Waals surface area contributed by atoms with Crippen molar-refractivity contribution < 1.29 is 9.47 Å². The highest BCUT2D eigenvalue weighted by molar-refractivity contribution is 5.82. The fourth-order valence-corrected chi connectivity index (χ4v) is 2.59. The van der Waals surface area contributed by atoms with Gasteiger partial charge in [-0.3, -0.25) is 0 Å². The van der Waals surface area contributed by atoms with Crippen LogP contribution < -0.4 is 9.47 Å². The highest BCUT2D eigenvalue weighted by atomic mass is 16.5. The number of hydrogen-bond donors (Lipinski definition) is 0. The molecule has 0 saturated heterocycles. The number of aromatic nitrogens is 1. The fourth-order valence-electron chi connectivity index (χ4n) is 2.59. The number of pyridine rings is 1. The monoisotopic (exact) mass is 292 g/mol. The Labute approximate surface area is 129 Å². The topological polar surface area (TPSA) is 60.0 Å². The molecule has 1 atom stereocenters. The van der Waals surface area contributed by atoms with Gasteiger partial charge >= 0.3 is 0 Å². The van der Waals surface area contributed by atoms with Crippen LogP contribution in [0.25, 0.3) is 5.57 Å². The maximum atomic E-state index is 12.2. The van der Waals surface area contributed by atoms with E-state index in [4.69, 9.17) is 10.00 Å². The Hall–Kier alpha value is -2.80. The third-order valence-corrected chi connectivity index (χ3v) is 3.99. The van der Waals surface area contributed by atoms with E-state index in [9.17, 15) is 5.21 Å². The minimum atomic E-state index is -0.473. The van der Waals surface area contributed by atoms with Gasteiger partial charge in [0.2, 0.25) is 5.69 Å². The zero-order valence-corrected chi connectivity index (χ0v) is 12.5. The highest BCUT2D eigenvalue weighted by Crippen LogP contribution is 2.40. The van der Waals surface area contributed by atoms with E-state index in [0.29, 0.717) is 17.0 Å². The van der Waals surface area contributed by atoms with E-state index < -0.39 is 5.60 Å². The van der Waals surface area contributed by atoms with Gasteiger partial charge < -0.3 is 9.94 Å². The second kappa shape index (κ2) is 5.19. The lowest BCUT2D eigenvalue weighted by Crippen LogP contribution is -2.36. The minimum absolute atomic E-state index is 0.473. The van der Waals surface area contributed by atoms with Crippen LogP contribution in [0.1, 0.15) is 37.1 Å². The van der Waals surface area contributed by atoms with Crippen LogP contribution in [-0.2, 0) is 0 Å². The third-order valence-electron chi connectivity index (χ3n) is 3.99. The van der Waals surface area contributed by atoms with Crippen molar-refractivity contribution in [2.75, 3.05) is 0 Å². The first kappa shape index (κ1) is 14.2. The van der Waals surface area contributed by atoms with Crippen molar-refractivity contribution >= 4 is 5.57 Å². The lowest BCUT2D eigenvalue weighted by atomic mass is 9.89. The molecule has 110 valence electrons. The molecule has 1 aromatic heterocycles. The van der Waals surface area contributed by atoms with Crippen molar-refractivity contribution in [2.24, 2.45) is 0 Å². The Morgan fingerprint density at radius 3 is 2.82 bits per heavy atom. The van der Waals surface area contributed by atoms with Crippen LogP contribution in [0, 0.1) is 16.5 Å². The predicted octanol–water partition coefficient (Wildman–Crippen LogP) is 3.18. The maximum absolute atomic E-state index is 12.2. The molecule has 0 radical (unpaired) electrons.